The summed E-state index contributed by atoms with van der Waals surface area (Å²) in [5, 5.41) is 0. The maximum atomic E-state index is 6.73. The zero-order valence-corrected chi connectivity index (χ0v) is 22.5. The van der Waals surface area contributed by atoms with Gasteiger partial charge in [0.2, 0.25) is 0 Å². The molecular formula is C32H36O3S. The lowest BCUT2D eigenvalue weighted by atomic mass is 9.86. The van der Waals surface area contributed by atoms with Crippen molar-refractivity contribution < 1.29 is 14.2 Å². The molecule has 36 heavy (non-hydrogen) atoms. The summed E-state index contributed by atoms with van der Waals surface area (Å²) in [7, 11) is 0. The molecule has 0 saturated carbocycles. The van der Waals surface area contributed by atoms with E-state index in [0.717, 1.165) is 12.0 Å². The SMILES string of the molecule is CC#Cc1cc(C2CC(OCc3ccccc3)C(C)[C@@H](COCc3ccccc3)O2)c(C)cc1SC. The highest BCUT2D eigenvalue weighted by molar-refractivity contribution is 7.98. The van der Waals surface area contributed by atoms with Gasteiger partial charge in [-0.1, -0.05) is 73.5 Å². The van der Waals surface area contributed by atoms with E-state index >= 15 is 0 Å². The van der Waals surface area contributed by atoms with Gasteiger partial charge in [-0.2, -0.15) is 0 Å². The first-order valence-corrected chi connectivity index (χ1v) is 13.9. The number of hydrogen-bond acceptors (Lipinski definition) is 4. The third-order valence-corrected chi connectivity index (χ3v) is 7.63. The number of benzene rings is 3. The van der Waals surface area contributed by atoms with E-state index < -0.39 is 0 Å². The normalized spacial score (nSPS) is 21.6. The van der Waals surface area contributed by atoms with E-state index in [2.05, 4.69) is 80.5 Å². The van der Waals surface area contributed by atoms with Crippen molar-refractivity contribution in [2.24, 2.45) is 5.92 Å². The Morgan fingerprint density at radius 3 is 2.28 bits per heavy atom. The minimum absolute atomic E-state index is 0.0615. The van der Waals surface area contributed by atoms with E-state index in [0.29, 0.717) is 19.8 Å². The molecule has 0 N–H and O–H groups in total. The van der Waals surface area contributed by atoms with E-state index in [9.17, 15) is 0 Å². The van der Waals surface area contributed by atoms with Crippen molar-refractivity contribution in [1.29, 1.82) is 0 Å². The van der Waals surface area contributed by atoms with Crippen molar-refractivity contribution in [1.82, 2.24) is 0 Å². The van der Waals surface area contributed by atoms with Crippen molar-refractivity contribution in [3.8, 4) is 11.8 Å². The van der Waals surface area contributed by atoms with Crippen molar-refractivity contribution in [3.63, 3.8) is 0 Å². The molecule has 1 heterocycles. The van der Waals surface area contributed by atoms with Gasteiger partial charge in [0.25, 0.3) is 0 Å². The summed E-state index contributed by atoms with van der Waals surface area (Å²) in [6.45, 7) is 7.97. The molecule has 0 spiro atoms. The molecule has 4 atom stereocenters. The third kappa shape index (κ3) is 6.81. The van der Waals surface area contributed by atoms with Gasteiger partial charge in [-0.25, -0.2) is 0 Å². The van der Waals surface area contributed by atoms with Crippen LogP contribution in [-0.4, -0.2) is 25.1 Å². The predicted molar refractivity (Wildman–Crippen MR) is 148 cm³/mol. The molecule has 0 amide bonds. The van der Waals surface area contributed by atoms with Gasteiger partial charge in [0.05, 0.1) is 38.1 Å². The molecule has 0 aromatic heterocycles. The van der Waals surface area contributed by atoms with Crippen LogP contribution in [0.15, 0.2) is 77.7 Å². The molecule has 1 fully saturated rings. The molecule has 0 aliphatic carbocycles. The monoisotopic (exact) mass is 500 g/mol. The molecule has 3 aromatic carbocycles. The summed E-state index contributed by atoms with van der Waals surface area (Å²) in [6.07, 6.45) is 2.84. The second-order valence-electron chi connectivity index (χ2n) is 9.38. The molecule has 4 heteroatoms. The molecule has 3 aromatic rings. The molecule has 4 rings (SSSR count). The van der Waals surface area contributed by atoms with Gasteiger partial charge in [-0.05, 0) is 54.5 Å². The van der Waals surface area contributed by atoms with Gasteiger partial charge in [0.1, 0.15) is 0 Å². The molecule has 0 radical (unpaired) electrons. The molecular weight excluding hydrogens is 464 g/mol. The molecule has 1 aliphatic heterocycles. The lowest BCUT2D eigenvalue weighted by Crippen LogP contribution is -2.43. The third-order valence-electron chi connectivity index (χ3n) is 6.85. The topological polar surface area (TPSA) is 27.7 Å². The fourth-order valence-electron chi connectivity index (χ4n) is 4.76. The number of hydrogen-bond donors (Lipinski definition) is 0. The minimum Gasteiger partial charge on any atom is -0.374 e. The zero-order valence-electron chi connectivity index (χ0n) is 21.7. The van der Waals surface area contributed by atoms with E-state index in [4.69, 9.17) is 14.2 Å². The van der Waals surface area contributed by atoms with Crippen molar-refractivity contribution >= 4 is 11.8 Å². The highest BCUT2D eigenvalue weighted by Crippen LogP contribution is 2.39. The number of thioether (sulfide) groups is 1. The first-order chi connectivity index (χ1) is 17.6. The zero-order chi connectivity index (χ0) is 25.3. The summed E-state index contributed by atoms with van der Waals surface area (Å²) in [6, 6.07) is 25.1. The molecule has 3 nitrogen and oxygen atoms in total. The Morgan fingerprint density at radius 2 is 1.64 bits per heavy atom. The van der Waals surface area contributed by atoms with Gasteiger partial charge in [0.15, 0.2) is 0 Å². The quantitative estimate of drug-likeness (QED) is 0.227. The standard InChI is InChI=1S/C32H36O3S/c1-5-12-27-18-28(23(2)17-32(27)36-4)30-19-29(34-21-26-15-10-7-11-16-26)24(3)31(35-30)22-33-20-25-13-8-6-9-14-25/h6-11,13-18,24,29-31H,19-22H2,1-4H3/t24?,29?,30?,31-/m1/s1. The van der Waals surface area contributed by atoms with Crippen LogP contribution < -0.4 is 0 Å². The highest BCUT2D eigenvalue weighted by Gasteiger charge is 2.38. The second-order valence-corrected chi connectivity index (χ2v) is 10.2. The van der Waals surface area contributed by atoms with Gasteiger partial charge < -0.3 is 14.2 Å². The molecule has 188 valence electrons. The van der Waals surface area contributed by atoms with Crippen LogP contribution in [0, 0.1) is 24.7 Å². The van der Waals surface area contributed by atoms with E-state index in [-0.39, 0.29) is 24.2 Å². The fraction of sp³-hybridized carbons (Fsp3) is 0.375. The maximum Gasteiger partial charge on any atom is 0.0867 e. The van der Waals surface area contributed by atoms with E-state index in [1.54, 1.807) is 11.8 Å². The van der Waals surface area contributed by atoms with Crippen LogP contribution in [0.5, 0.6) is 0 Å². The Bertz CT molecular complexity index is 1170. The smallest absolute Gasteiger partial charge is 0.0867 e. The van der Waals surface area contributed by atoms with Crippen LogP contribution in [0.2, 0.25) is 0 Å². The molecule has 1 saturated heterocycles. The first-order valence-electron chi connectivity index (χ1n) is 12.6. The number of ether oxygens (including phenoxy) is 3. The second kappa shape index (κ2) is 13.1. The van der Waals surface area contributed by atoms with E-state index in [1.165, 1.54) is 27.1 Å². The summed E-state index contributed by atoms with van der Waals surface area (Å²) in [5.41, 5.74) is 5.84. The molecule has 1 aliphatic rings. The predicted octanol–water partition coefficient (Wildman–Crippen LogP) is 7.36. The lowest BCUT2D eigenvalue weighted by Gasteiger charge is -2.41. The Morgan fingerprint density at radius 1 is 0.972 bits per heavy atom. The van der Waals surface area contributed by atoms with Crippen LogP contribution in [0.3, 0.4) is 0 Å². The Balaban J connectivity index is 1.55. The van der Waals surface area contributed by atoms with Crippen molar-refractivity contribution in [3.05, 3.63) is 101 Å². The van der Waals surface area contributed by atoms with Crippen LogP contribution in [0.1, 0.15) is 54.2 Å². The van der Waals surface area contributed by atoms with Gasteiger partial charge in [0, 0.05) is 22.8 Å². The largest absolute Gasteiger partial charge is 0.374 e. The van der Waals surface area contributed by atoms with Gasteiger partial charge in [-0.3, -0.25) is 0 Å². The Kier molecular flexibility index (Phi) is 9.67. The maximum absolute atomic E-state index is 6.73. The molecule has 3 unspecified atom stereocenters. The average molecular weight is 501 g/mol. The highest BCUT2D eigenvalue weighted by atomic mass is 32.2. The van der Waals surface area contributed by atoms with Gasteiger partial charge >= 0.3 is 0 Å². The summed E-state index contributed by atoms with van der Waals surface area (Å²) in [5.74, 6) is 6.56. The fourth-order valence-corrected chi connectivity index (χ4v) is 5.38. The summed E-state index contributed by atoms with van der Waals surface area (Å²) >= 11 is 1.73. The van der Waals surface area contributed by atoms with Crippen LogP contribution >= 0.6 is 11.8 Å². The number of rotatable bonds is 9. The van der Waals surface area contributed by atoms with Gasteiger partial charge in [-0.15, -0.1) is 17.7 Å². The summed E-state index contributed by atoms with van der Waals surface area (Å²) < 4.78 is 19.4. The number of aryl methyl sites for hydroxylation is 1. The first kappa shape index (κ1) is 26.5. The molecule has 0 bridgehead atoms. The Labute approximate surface area is 220 Å². The Hall–Kier alpha value is -2.55. The minimum atomic E-state index is -0.0689. The van der Waals surface area contributed by atoms with Crippen LogP contribution in [0.25, 0.3) is 0 Å². The van der Waals surface area contributed by atoms with Crippen molar-refractivity contribution in [2.75, 3.05) is 12.9 Å². The lowest BCUT2D eigenvalue weighted by molar-refractivity contribution is -0.173. The average Bonchev–Trinajstić information content (AvgIpc) is 2.91. The van der Waals surface area contributed by atoms with Crippen LogP contribution in [0.4, 0.5) is 0 Å². The van der Waals surface area contributed by atoms with E-state index in [1.807, 2.05) is 31.2 Å². The summed E-state index contributed by atoms with van der Waals surface area (Å²) in [4.78, 5) is 1.20. The van der Waals surface area contributed by atoms with Crippen LogP contribution in [-0.2, 0) is 27.4 Å². The van der Waals surface area contributed by atoms with Crippen molar-refractivity contribution in [2.45, 2.75) is 63.6 Å².